The highest BCUT2D eigenvalue weighted by atomic mass is 32.1. The van der Waals surface area contributed by atoms with Crippen molar-refractivity contribution in [3.63, 3.8) is 0 Å². The summed E-state index contributed by atoms with van der Waals surface area (Å²) in [6.07, 6.45) is 7.20. The molecule has 214 valence electrons. The molecule has 2 heterocycles. The second-order valence-electron chi connectivity index (χ2n) is 11.0. The van der Waals surface area contributed by atoms with Gasteiger partial charge in [-0.05, 0) is 65.8 Å². The second kappa shape index (κ2) is 11.8. The molecule has 7 nitrogen and oxygen atoms in total. The first-order valence-corrected chi connectivity index (χ1v) is 15.2. The zero-order chi connectivity index (χ0) is 29.2. The summed E-state index contributed by atoms with van der Waals surface area (Å²) in [6, 6.07) is 22.1. The maximum absolute atomic E-state index is 14.0. The van der Waals surface area contributed by atoms with E-state index in [9.17, 15) is 24.6 Å². The number of aliphatic carboxylic acids is 1. The lowest BCUT2D eigenvalue weighted by molar-refractivity contribution is -0.139. The first-order chi connectivity index (χ1) is 20.4. The molecule has 0 bridgehead atoms. The molecule has 6 rings (SSSR count). The largest absolute Gasteiger partial charge is 0.508 e. The number of aromatic nitrogens is 1. The number of nitrogens with one attached hydrogen (secondary N) is 1. The molecule has 3 aromatic carbocycles. The summed E-state index contributed by atoms with van der Waals surface area (Å²) in [4.78, 5) is 40.5. The molecule has 0 aliphatic heterocycles. The highest BCUT2D eigenvalue weighted by Gasteiger charge is 2.26. The predicted octanol–water partition coefficient (Wildman–Crippen LogP) is 6.75. The molecule has 3 N–H and O–H groups in total. The number of amides is 1. The van der Waals surface area contributed by atoms with E-state index in [-0.39, 0.29) is 23.3 Å². The van der Waals surface area contributed by atoms with E-state index < -0.39 is 17.9 Å². The van der Waals surface area contributed by atoms with Gasteiger partial charge in [0.2, 0.25) is 0 Å². The van der Waals surface area contributed by atoms with Crippen molar-refractivity contribution in [1.82, 2.24) is 9.72 Å². The van der Waals surface area contributed by atoms with E-state index in [1.165, 1.54) is 54.7 Å². The van der Waals surface area contributed by atoms with Crippen molar-refractivity contribution in [2.45, 2.75) is 56.9 Å². The minimum absolute atomic E-state index is 0.0417. The van der Waals surface area contributed by atoms with Crippen molar-refractivity contribution >= 4 is 38.3 Å². The second-order valence-corrected chi connectivity index (χ2v) is 12.1. The molecule has 8 heteroatoms. The van der Waals surface area contributed by atoms with Gasteiger partial charge >= 0.3 is 5.97 Å². The van der Waals surface area contributed by atoms with E-state index >= 15 is 0 Å². The van der Waals surface area contributed by atoms with Crippen LogP contribution in [0.25, 0.3) is 26.2 Å². The number of fused-ring (bicyclic) bond motifs is 3. The van der Waals surface area contributed by atoms with Crippen molar-refractivity contribution in [3.8, 4) is 16.9 Å². The minimum atomic E-state index is -1.20. The van der Waals surface area contributed by atoms with Crippen LogP contribution >= 0.6 is 11.3 Å². The number of nitrogens with zero attached hydrogens (tertiary/aromatic N) is 1. The molecule has 42 heavy (non-hydrogen) atoms. The smallest absolute Gasteiger partial charge is 0.326 e. The average molecular weight is 581 g/mol. The number of pyridine rings is 1. The van der Waals surface area contributed by atoms with Gasteiger partial charge in [0.05, 0.1) is 15.8 Å². The molecular formula is C34H32N2O5S. The van der Waals surface area contributed by atoms with Crippen LogP contribution in [-0.4, -0.2) is 32.5 Å². The summed E-state index contributed by atoms with van der Waals surface area (Å²) in [7, 11) is 0. The Bertz CT molecular complexity index is 1820. The van der Waals surface area contributed by atoms with E-state index in [4.69, 9.17) is 0 Å². The van der Waals surface area contributed by atoms with Gasteiger partial charge in [-0.3, -0.25) is 14.0 Å². The number of phenolic OH excluding ortho intramolecular Hbond substituents is 1. The normalized spacial score (nSPS) is 15.0. The van der Waals surface area contributed by atoms with Gasteiger partial charge < -0.3 is 15.5 Å². The highest BCUT2D eigenvalue weighted by Crippen LogP contribution is 2.36. The molecule has 1 fully saturated rings. The molecule has 0 radical (unpaired) electrons. The molecule has 1 saturated carbocycles. The SMILES string of the molecule is O=C(N[C@@H](Cc1ccc(O)cc1)C(=O)O)c1cc(-c2ccccc2)c(=O)n2c1sc1ccc(C3CCCCCC3)cc12. The maximum Gasteiger partial charge on any atom is 0.326 e. The fourth-order valence-corrected chi connectivity index (χ4v) is 7.11. The van der Waals surface area contributed by atoms with Gasteiger partial charge in [0.15, 0.2) is 0 Å². The molecule has 2 aromatic heterocycles. The Morgan fingerprint density at radius 1 is 0.929 bits per heavy atom. The monoisotopic (exact) mass is 580 g/mol. The summed E-state index contributed by atoms with van der Waals surface area (Å²) in [6.45, 7) is 0. The van der Waals surface area contributed by atoms with Crippen molar-refractivity contribution < 1.29 is 19.8 Å². The molecule has 5 aromatic rings. The number of benzene rings is 3. The third-order valence-corrected chi connectivity index (χ3v) is 9.38. The Labute approximate surface area is 247 Å². The van der Waals surface area contributed by atoms with Gasteiger partial charge in [0.25, 0.3) is 11.5 Å². The van der Waals surface area contributed by atoms with Gasteiger partial charge in [-0.2, -0.15) is 0 Å². The third-order valence-electron chi connectivity index (χ3n) is 8.22. The topological polar surface area (TPSA) is 108 Å². The number of carboxylic acids is 1. The summed E-state index contributed by atoms with van der Waals surface area (Å²) in [5, 5.41) is 22.2. The molecular weight excluding hydrogens is 548 g/mol. The number of carboxylic acid groups (broad SMARTS) is 1. The third kappa shape index (κ3) is 5.54. The van der Waals surface area contributed by atoms with Crippen molar-refractivity contribution in [1.29, 1.82) is 0 Å². The molecule has 1 amide bonds. The summed E-state index contributed by atoms with van der Waals surface area (Å²) in [5.41, 5.74) is 3.75. The number of hydrogen-bond acceptors (Lipinski definition) is 5. The van der Waals surface area contributed by atoms with Crippen LogP contribution in [0.5, 0.6) is 5.75 Å². The lowest BCUT2D eigenvalue weighted by Gasteiger charge is -2.16. The average Bonchev–Trinajstić information content (AvgIpc) is 3.16. The van der Waals surface area contributed by atoms with Gasteiger partial charge in [0.1, 0.15) is 16.6 Å². The van der Waals surface area contributed by atoms with Crippen LogP contribution in [-0.2, 0) is 11.2 Å². The Hall–Kier alpha value is -4.43. The van der Waals surface area contributed by atoms with Crippen molar-refractivity contribution in [3.05, 3.63) is 106 Å². The van der Waals surface area contributed by atoms with E-state index in [0.717, 1.165) is 23.1 Å². The van der Waals surface area contributed by atoms with Gasteiger partial charge in [-0.25, -0.2) is 4.79 Å². The Morgan fingerprint density at radius 2 is 1.64 bits per heavy atom. The minimum Gasteiger partial charge on any atom is -0.508 e. The van der Waals surface area contributed by atoms with Gasteiger partial charge in [0, 0.05) is 12.0 Å². The van der Waals surface area contributed by atoms with Crippen LogP contribution in [0, 0.1) is 0 Å². The number of carbonyl (C=O) groups excluding carboxylic acids is 1. The Balaban J connectivity index is 1.47. The van der Waals surface area contributed by atoms with E-state index in [1.807, 2.05) is 36.4 Å². The molecule has 1 aliphatic rings. The first kappa shape index (κ1) is 27.7. The number of aromatic hydroxyl groups is 1. The summed E-state index contributed by atoms with van der Waals surface area (Å²) >= 11 is 1.36. The Morgan fingerprint density at radius 3 is 2.33 bits per heavy atom. The molecule has 0 saturated heterocycles. The summed E-state index contributed by atoms with van der Waals surface area (Å²) < 4.78 is 2.52. The van der Waals surface area contributed by atoms with E-state index in [1.54, 1.807) is 22.6 Å². The van der Waals surface area contributed by atoms with Crippen LogP contribution in [0.15, 0.2) is 83.7 Å². The quantitative estimate of drug-likeness (QED) is 0.185. The zero-order valence-corrected chi connectivity index (χ0v) is 23.9. The lowest BCUT2D eigenvalue weighted by atomic mass is 9.92. The fraction of sp³-hybridized carbons (Fsp3) is 0.265. The predicted molar refractivity (Wildman–Crippen MR) is 166 cm³/mol. The van der Waals surface area contributed by atoms with Crippen LogP contribution < -0.4 is 10.9 Å². The number of hydrogen-bond donors (Lipinski definition) is 3. The Kier molecular flexibility index (Phi) is 7.80. The lowest BCUT2D eigenvalue weighted by Crippen LogP contribution is -2.42. The van der Waals surface area contributed by atoms with E-state index in [2.05, 4.69) is 17.4 Å². The molecule has 1 aliphatic carbocycles. The molecule has 1 atom stereocenters. The summed E-state index contributed by atoms with van der Waals surface area (Å²) in [5.74, 6) is -1.22. The maximum atomic E-state index is 14.0. The van der Waals surface area contributed by atoms with Gasteiger partial charge in [-0.1, -0.05) is 74.2 Å². The standard InChI is InChI=1S/C34H32N2O5S/c37-25-15-12-21(13-16-25)18-28(34(40)41)35-31(38)27-20-26(23-10-6-3-7-11-23)32(39)36-29-19-24(14-17-30(29)42-33(27)36)22-8-4-1-2-5-9-22/h3,6-7,10-17,19-20,22,28,37H,1-2,4-5,8-9,18H2,(H,35,38)(H,40,41)/t28-/m0/s1. The molecule has 0 unspecified atom stereocenters. The van der Waals surface area contributed by atoms with Crippen molar-refractivity contribution in [2.75, 3.05) is 0 Å². The van der Waals surface area contributed by atoms with Crippen LogP contribution in [0.2, 0.25) is 0 Å². The highest BCUT2D eigenvalue weighted by molar-refractivity contribution is 7.24. The van der Waals surface area contributed by atoms with Crippen LogP contribution in [0.1, 0.15) is 65.9 Å². The van der Waals surface area contributed by atoms with Crippen molar-refractivity contribution in [2.24, 2.45) is 0 Å². The van der Waals surface area contributed by atoms with Gasteiger partial charge in [-0.15, -0.1) is 11.3 Å². The number of phenols is 1. The number of rotatable bonds is 7. The fourth-order valence-electron chi connectivity index (χ4n) is 5.98. The van der Waals surface area contributed by atoms with Crippen LogP contribution in [0.4, 0.5) is 0 Å². The first-order valence-electron chi connectivity index (χ1n) is 14.4. The zero-order valence-electron chi connectivity index (χ0n) is 23.1. The number of carbonyl (C=O) groups is 2. The molecule has 0 spiro atoms. The van der Waals surface area contributed by atoms with E-state index in [0.29, 0.717) is 27.4 Å². The van der Waals surface area contributed by atoms with Crippen LogP contribution in [0.3, 0.4) is 0 Å². The number of thiazole rings is 1.